The molecule has 2 rings (SSSR count). The summed E-state index contributed by atoms with van der Waals surface area (Å²) in [6, 6.07) is 7.07. The summed E-state index contributed by atoms with van der Waals surface area (Å²) in [5, 5.41) is 8.96. The fourth-order valence-corrected chi connectivity index (χ4v) is 1.79. The van der Waals surface area contributed by atoms with Crippen LogP contribution >= 0.6 is 0 Å². The smallest absolute Gasteiger partial charge is 0.231 e. The van der Waals surface area contributed by atoms with Crippen molar-refractivity contribution in [3.05, 3.63) is 23.8 Å². The highest BCUT2D eigenvalue weighted by molar-refractivity contribution is 5.99. The van der Waals surface area contributed by atoms with E-state index in [4.69, 9.17) is 14.7 Å². The average Bonchev–Trinajstić information content (AvgIpc) is 2.82. The number of carbonyl (C=O) groups excluding carboxylic acids is 1. The lowest BCUT2D eigenvalue weighted by Crippen LogP contribution is -2.12. The molecule has 1 heterocycles. The molecule has 1 atom stereocenters. The molecule has 1 aliphatic heterocycles. The maximum absolute atomic E-state index is 12.0. The average molecular weight is 231 g/mol. The van der Waals surface area contributed by atoms with Gasteiger partial charge in [0, 0.05) is 5.56 Å². The number of ketones is 1. The number of nitriles is 1. The highest BCUT2D eigenvalue weighted by Crippen LogP contribution is 2.33. The van der Waals surface area contributed by atoms with Crippen LogP contribution in [0.4, 0.5) is 0 Å². The zero-order valence-corrected chi connectivity index (χ0v) is 9.60. The topological polar surface area (TPSA) is 59.3 Å². The van der Waals surface area contributed by atoms with E-state index in [0.29, 0.717) is 23.5 Å². The Bertz CT molecular complexity index is 476. The van der Waals surface area contributed by atoms with E-state index in [0.717, 1.165) is 6.42 Å². The third kappa shape index (κ3) is 2.23. The molecule has 0 spiro atoms. The zero-order valence-electron chi connectivity index (χ0n) is 9.60. The summed E-state index contributed by atoms with van der Waals surface area (Å²) in [7, 11) is 0. The lowest BCUT2D eigenvalue weighted by molar-refractivity contribution is 0.0943. The molecule has 1 aromatic rings. The third-order valence-corrected chi connectivity index (χ3v) is 2.71. The van der Waals surface area contributed by atoms with Gasteiger partial charge in [0.05, 0.1) is 6.07 Å². The quantitative estimate of drug-likeness (QED) is 0.747. The minimum atomic E-state index is -0.569. The van der Waals surface area contributed by atoms with E-state index in [1.807, 2.05) is 13.0 Å². The van der Waals surface area contributed by atoms with E-state index in [1.165, 1.54) is 0 Å². The molecule has 0 N–H and O–H groups in total. The molecule has 0 amide bonds. The van der Waals surface area contributed by atoms with Gasteiger partial charge in [-0.05, 0) is 24.6 Å². The lowest BCUT2D eigenvalue weighted by Gasteiger charge is -2.07. The van der Waals surface area contributed by atoms with Crippen LogP contribution in [0.5, 0.6) is 11.5 Å². The van der Waals surface area contributed by atoms with Gasteiger partial charge in [0.1, 0.15) is 5.92 Å². The van der Waals surface area contributed by atoms with Crippen molar-refractivity contribution in [3.8, 4) is 17.6 Å². The third-order valence-electron chi connectivity index (χ3n) is 2.71. The molecule has 1 aliphatic rings. The van der Waals surface area contributed by atoms with Crippen LogP contribution in [0.1, 0.15) is 30.1 Å². The minimum absolute atomic E-state index is 0.146. The number of Topliss-reactive ketones (excluding diaryl/α,β-unsaturated/α-hetero) is 1. The first-order valence-corrected chi connectivity index (χ1v) is 5.59. The predicted molar refractivity (Wildman–Crippen MR) is 60.9 cm³/mol. The van der Waals surface area contributed by atoms with Gasteiger partial charge in [-0.15, -0.1) is 0 Å². The number of carbonyl (C=O) groups is 1. The maximum Gasteiger partial charge on any atom is 0.231 e. The van der Waals surface area contributed by atoms with Crippen molar-refractivity contribution >= 4 is 5.78 Å². The monoisotopic (exact) mass is 231 g/mol. The molecule has 88 valence electrons. The van der Waals surface area contributed by atoms with Crippen molar-refractivity contribution in [2.45, 2.75) is 19.8 Å². The van der Waals surface area contributed by atoms with E-state index in [1.54, 1.807) is 18.2 Å². The van der Waals surface area contributed by atoms with Crippen molar-refractivity contribution in [1.82, 2.24) is 0 Å². The predicted octanol–water partition coefficient (Wildman–Crippen LogP) is 2.54. The second-order valence-corrected chi connectivity index (χ2v) is 3.90. The highest BCUT2D eigenvalue weighted by Gasteiger charge is 2.21. The number of fused-ring (bicyclic) bond motifs is 1. The van der Waals surface area contributed by atoms with Crippen LogP contribution in [0.25, 0.3) is 0 Å². The Hall–Kier alpha value is -2.02. The van der Waals surface area contributed by atoms with Crippen molar-refractivity contribution in [2.75, 3.05) is 6.79 Å². The largest absolute Gasteiger partial charge is 0.454 e. The van der Waals surface area contributed by atoms with Crippen LogP contribution in [-0.4, -0.2) is 12.6 Å². The van der Waals surface area contributed by atoms with Crippen molar-refractivity contribution in [1.29, 1.82) is 5.26 Å². The van der Waals surface area contributed by atoms with Crippen molar-refractivity contribution < 1.29 is 14.3 Å². The minimum Gasteiger partial charge on any atom is -0.454 e. The Morgan fingerprint density at radius 2 is 2.24 bits per heavy atom. The van der Waals surface area contributed by atoms with Gasteiger partial charge >= 0.3 is 0 Å². The maximum atomic E-state index is 12.0. The molecule has 0 aliphatic carbocycles. The number of rotatable bonds is 4. The van der Waals surface area contributed by atoms with E-state index >= 15 is 0 Å². The fourth-order valence-electron chi connectivity index (χ4n) is 1.79. The summed E-state index contributed by atoms with van der Waals surface area (Å²) in [5.74, 6) is 0.502. The van der Waals surface area contributed by atoms with E-state index in [-0.39, 0.29) is 12.6 Å². The van der Waals surface area contributed by atoms with E-state index < -0.39 is 5.92 Å². The van der Waals surface area contributed by atoms with Gasteiger partial charge in [-0.25, -0.2) is 0 Å². The Balaban J connectivity index is 2.22. The number of benzene rings is 1. The Morgan fingerprint density at radius 1 is 1.47 bits per heavy atom. The number of ether oxygens (including phenoxy) is 2. The van der Waals surface area contributed by atoms with Crippen molar-refractivity contribution in [3.63, 3.8) is 0 Å². The molecule has 0 aromatic heterocycles. The highest BCUT2D eigenvalue weighted by atomic mass is 16.7. The van der Waals surface area contributed by atoms with Crippen LogP contribution in [0.15, 0.2) is 18.2 Å². The summed E-state index contributed by atoms with van der Waals surface area (Å²) in [6.45, 7) is 2.14. The van der Waals surface area contributed by atoms with Crippen LogP contribution < -0.4 is 9.47 Å². The summed E-state index contributed by atoms with van der Waals surface area (Å²) < 4.78 is 10.4. The van der Waals surface area contributed by atoms with Crippen LogP contribution in [-0.2, 0) is 0 Å². The van der Waals surface area contributed by atoms with Gasteiger partial charge in [0.25, 0.3) is 0 Å². The normalized spacial score (nSPS) is 14.1. The molecular formula is C13H13NO3. The molecule has 0 saturated heterocycles. The molecule has 0 saturated carbocycles. The van der Waals surface area contributed by atoms with Gasteiger partial charge < -0.3 is 9.47 Å². The van der Waals surface area contributed by atoms with Crippen molar-refractivity contribution in [2.24, 2.45) is 5.92 Å². The first-order valence-electron chi connectivity index (χ1n) is 5.59. The molecule has 0 fully saturated rings. The lowest BCUT2D eigenvalue weighted by atomic mass is 9.95. The molecule has 4 nitrogen and oxygen atoms in total. The SMILES string of the molecule is CCCC(C#N)C(=O)c1ccc2c(c1)OCO2. The van der Waals surface area contributed by atoms with Gasteiger partial charge in [-0.1, -0.05) is 13.3 Å². The fraction of sp³-hybridized carbons (Fsp3) is 0.385. The number of hydrogen-bond donors (Lipinski definition) is 0. The van der Waals surface area contributed by atoms with Gasteiger partial charge in [0.15, 0.2) is 17.3 Å². The molecule has 0 radical (unpaired) electrons. The first kappa shape index (κ1) is 11.5. The Labute approximate surface area is 99.8 Å². The second kappa shape index (κ2) is 4.88. The molecule has 1 unspecified atom stereocenters. The number of nitrogens with zero attached hydrogens (tertiary/aromatic N) is 1. The molecule has 1 aromatic carbocycles. The molecule has 17 heavy (non-hydrogen) atoms. The first-order chi connectivity index (χ1) is 8.26. The van der Waals surface area contributed by atoms with Crippen LogP contribution in [0, 0.1) is 17.2 Å². The number of hydrogen-bond acceptors (Lipinski definition) is 4. The Morgan fingerprint density at radius 3 is 2.94 bits per heavy atom. The molecular weight excluding hydrogens is 218 g/mol. The molecule has 4 heteroatoms. The van der Waals surface area contributed by atoms with Crippen LogP contribution in [0.2, 0.25) is 0 Å². The molecule has 0 bridgehead atoms. The summed E-state index contributed by atoms with van der Waals surface area (Å²) in [5.41, 5.74) is 0.509. The van der Waals surface area contributed by atoms with Gasteiger partial charge in [-0.3, -0.25) is 4.79 Å². The summed E-state index contributed by atoms with van der Waals surface area (Å²) in [6.07, 6.45) is 1.40. The van der Waals surface area contributed by atoms with E-state index in [9.17, 15) is 4.79 Å². The second-order valence-electron chi connectivity index (χ2n) is 3.90. The van der Waals surface area contributed by atoms with Crippen LogP contribution in [0.3, 0.4) is 0 Å². The summed E-state index contributed by atoms with van der Waals surface area (Å²) in [4.78, 5) is 12.0. The Kier molecular flexibility index (Phi) is 3.29. The van der Waals surface area contributed by atoms with Gasteiger partial charge in [0.2, 0.25) is 6.79 Å². The van der Waals surface area contributed by atoms with Gasteiger partial charge in [-0.2, -0.15) is 5.26 Å². The van der Waals surface area contributed by atoms with E-state index in [2.05, 4.69) is 0 Å². The zero-order chi connectivity index (χ0) is 12.3. The summed E-state index contributed by atoms with van der Waals surface area (Å²) >= 11 is 0. The standard InChI is InChI=1S/C13H13NO3/c1-2-3-10(7-14)13(15)9-4-5-11-12(6-9)17-8-16-11/h4-6,10H,2-3,8H2,1H3.